The van der Waals surface area contributed by atoms with Crippen molar-refractivity contribution in [3.8, 4) is 11.4 Å². The van der Waals surface area contributed by atoms with Gasteiger partial charge >= 0.3 is 0 Å². The lowest BCUT2D eigenvalue weighted by Gasteiger charge is -2.56. The molecule has 1 aromatic carbocycles. The lowest BCUT2D eigenvalue weighted by atomic mass is 9.48. The van der Waals surface area contributed by atoms with Gasteiger partial charge in [-0.25, -0.2) is 0 Å². The van der Waals surface area contributed by atoms with Gasteiger partial charge in [0.1, 0.15) is 5.78 Å². The third kappa shape index (κ3) is 3.56. The van der Waals surface area contributed by atoms with Crippen molar-refractivity contribution in [3.05, 3.63) is 29.8 Å². The van der Waals surface area contributed by atoms with E-state index in [-0.39, 0.29) is 5.41 Å². The summed E-state index contributed by atoms with van der Waals surface area (Å²) < 4.78 is 2.20. The largest absolute Gasteiger partial charge is 0.302 e. The van der Waals surface area contributed by atoms with Crippen LogP contribution in [0.5, 0.6) is 0 Å². The van der Waals surface area contributed by atoms with Crippen LogP contribution in [0.2, 0.25) is 0 Å². The smallest absolute Gasteiger partial charge is 0.191 e. The number of hydrogen-bond acceptors (Lipinski definition) is 4. The van der Waals surface area contributed by atoms with E-state index in [0.29, 0.717) is 11.5 Å². The number of thioether (sulfide) groups is 1. The molecule has 0 spiro atoms. The summed E-state index contributed by atoms with van der Waals surface area (Å²) in [5.74, 6) is 4.37. The molecule has 5 heteroatoms. The average Bonchev–Trinajstić information content (AvgIpc) is 3.08. The van der Waals surface area contributed by atoms with Gasteiger partial charge < -0.3 is 4.57 Å². The van der Waals surface area contributed by atoms with Gasteiger partial charge in [-0.05, 0) is 75.7 Å². The summed E-state index contributed by atoms with van der Waals surface area (Å²) in [6.45, 7) is 5.16. The van der Waals surface area contributed by atoms with E-state index in [2.05, 4.69) is 52.9 Å². The first kappa shape index (κ1) is 19.3. The maximum atomic E-state index is 13.4. The van der Waals surface area contributed by atoms with E-state index >= 15 is 0 Å². The Morgan fingerprint density at radius 2 is 1.83 bits per heavy atom. The molecule has 154 valence electrons. The highest BCUT2D eigenvalue weighted by atomic mass is 32.2. The number of rotatable bonds is 7. The highest BCUT2D eigenvalue weighted by Crippen LogP contribution is 2.60. The molecule has 0 radical (unpaired) electrons. The molecule has 0 aliphatic heterocycles. The third-order valence-electron chi connectivity index (χ3n) is 7.40. The van der Waals surface area contributed by atoms with E-state index in [1.807, 2.05) is 0 Å². The van der Waals surface area contributed by atoms with Crippen molar-refractivity contribution in [1.29, 1.82) is 0 Å². The average molecular weight is 410 g/mol. The zero-order chi connectivity index (χ0) is 20.0. The molecular weight excluding hydrogens is 378 g/mol. The lowest BCUT2D eigenvalue weighted by molar-refractivity contribution is -0.141. The minimum Gasteiger partial charge on any atom is -0.302 e. The Hall–Kier alpha value is -1.62. The van der Waals surface area contributed by atoms with Crippen LogP contribution in [0.1, 0.15) is 57.4 Å². The minimum atomic E-state index is -0.0171. The molecule has 4 aliphatic rings. The van der Waals surface area contributed by atoms with Gasteiger partial charge in [0.2, 0.25) is 0 Å². The second-order valence-electron chi connectivity index (χ2n) is 9.74. The molecule has 4 saturated carbocycles. The summed E-state index contributed by atoms with van der Waals surface area (Å²) >= 11 is 1.60. The number of aromatic nitrogens is 3. The second kappa shape index (κ2) is 7.57. The van der Waals surface area contributed by atoms with Crippen molar-refractivity contribution >= 4 is 17.5 Å². The van der Waals surface area contributed by atoms with E-state index < -0.39 is 0 Å². The fraction of sp³-hybridized carbons (Fsp3) is 0.625. The molecule has 4 nitrogen and oxygen atoms in total. The van der Waals surface area contributed by atoms with Crippen LogP contribution in [-0.4, -0.2) is 26.3 Å². The van der Waals surface area contributed by atoms with Crippen molar-refractivity contribution in [2.75, 3.05) is 5.75 Å². The van der Waals surface area contributed by atoms with Crippen molar-refractivity contribution < 1.29 is 4.79 Å². The molecule has 1 aromatic heterocycles. The molecule has 0 N–H and O–H groups in total. The van der Waals surface area contributed by atoms with Crippen LogP contribution in [0.25, 0.3) is 11.4 Å². The summed E-state index contributed by atoms with van der Waals surface area (Å²) in [5, 5.41) is 9.87. The molecule has 6 rings (SSSR count). The van der Waals surface area contributed by atoms with Gasteiger partial charge in [-0.3, -0.25) is 4.79 Å². The third-order valence-corrected chi connectivity index (χ3v) is 8.37. The van der Waals surface area contributed by atoms with E-state index in [0.717, 1.165) is 66.5 Å². The highest BCUT2D eigenvalue weighted by molar-refractivity contribution is 7.99. The summed E-state index contributed by atoms with van der Waals surface area (Å²) in [4.78, 5) is 13.4. The van der Waals surface area contributed by atoms with Gasteiger partial charge in [0.05, 0.1) is 5.75 Å². The van der Waals surface area contributed by atoms with Gasteiger partial charge in [-0.1, -0.05) is 42.4 Å². The monoisotopic (exact) mass is 409 g/mol. The van der Waals surface area contributed by atoms with Gasteiger partial charge in [-0.2, -0.15) is 0 Å². The van der Waals surface area contributed by atoms with Crippen molar-refractivity contribution in [3.63, 3.8) is 0 Å². The predicted molar refractivity (Wildman–Crippen MR) is 117 cm³/mol. The molecule has 4 fully saturated rings. The van der Waals surface area contributed by atoms with Crippen LogP contribution in [0.4, 0.5) is 0 Å². The Labute approximate surface area is 177 Å². The first-order chi connectivity index (χ1) is 14.1. The summed E-state index contributed by atoms with van der Waals surface area (Å²) in [6.07, 6.45) is 8.60. The van der Waals surface area contributed by atoms with Gasteiger partial charge in [0.25, 0.3) is 0 Å². The molecule has 29 heavy (non-hydrogen) atoms. The molecule has 1 heterocycles. The van der Waals surface area contributed by atoms with E-state index in [9.17, 15) is 4.79 Å². The van der Waals surface area contributed by atoms with Gasteiger partial charge in [0.15, 0.2) is 11.0 Å². The zero-order valence-corrected chi connectivity index (χ0v) is 18.4. The molecule has 0 amide bonds. The number of hydrogen-bond donors (Lipinski definition) is 0. The van der Waals surface area contributed by atoms with Crippen molar-refractivity contribution in [2.45, 2.75) is 70.5 Å². The quantitative estimate of drug-likeness (QED) is 0.563. The Balaban J connectivity index is 1.34. The van der Waals surface area contributed by atoms with Crippen molar-refractivity contribution in [1.82, 2.24) is 14.8 Å². The highest BCUT2D eigenvalue weighted by Gasteiger charge is 2.54. The van der Waals surface area contributed by atoms with Crippen LogP contribution >= 0.6 is 11.8 Å². The van der Waals surface area contributed by atoms with Crippen molar-refractivity contribution in [2.24, 2.45) is 23.2 Å². The minimum absolute atomic E-state index is 0.0171. The fourth-order valence-electron chi connectivity index (χ4n) is 6.55. The molecule has 2 aromatic rings. The number of Topliss-reactive ketones (excluding diaryl/α,β-unsaturated/α-hetero) is 1. The van der Waals surface area contributed by atoms with Crippen LogP contribution in [0.3, 0.4) is 0 Å². The number of nitrogens with zero attached hydrogens (tertiary/aromatic N) is 3. The maximum Gasteiger partial charge on any atom is 0.191 e. The molecule has 0 atom stereocenters. The number of ketones is 1. The normalized spacial score (nSPS) is 30.1. The van der Waals surface area contributed by atoms with E-state index in [1.54, 1.807) is 11.8 Å². The van der Waals surface area contributed by atoms with Gasteiger partial charge in [0, 0.05) is 17.5 Å². The van der Waals surface area contributed by atoms with Crippen LogP contribution in [0.15, 0.2) is 29.4 Å². The molecule has 4 bridgehead atoms. The topological polar surface area (TPSA) is 47.8 Å². The summed E-state index contributed by atoms with van der Waals surface area (Å²) in [7, 11) is 0. The number of carbonyl (C=O) groups is 1. The molecule has 0 saturated heterocycles. The number of aryl methyl sites for hydroxylation is 1. The number of carbonyl (C=O) groups excluding carboxylic acids is 1. The molecular formula is C24H31N3OS. The Kier molecular flexibility index (Phi) is 5.05. The Morgan fingerprint density at radius 1 is 1.14 bits per heavy atom. The summed E-state index contributed by atoms with van der Waals surface area (Å²) in [6, 6.07) is 8.42. The molecule has 4 aliphatic carbocycles. The first-order valence-electron chi connectivity index (χ1n) is 11.2. The van der Waals surface area contributed by atoms with Gasteiger partial charge in [-0.15, -0.1) is 10.2 Å². The molecule has 0 unspecified atom stereocenters. The van der Waals surface area contributed by atoms with Crippen LogP contribution in [-0.2, 0) is 11.3 Å². The van der Waals surface area contributed by atoms with Crippen LogP contribution in [0, 0.1) is 30.1 Å². The predicted octanol–water partition coefficient (Wildman–Crippen LogP) is 5.54. The first-order valence-corrected chi connectivity index (χ1v) is 12.2. The lowest BCUT2D eigenvalue weighted by Crippen LogP contribution is -2.50. The Bertz CT molecular complexity index is 883. The standard InChI is InChI=1S/C24H31N3OS/c1-3-7-27-22(20-6-4-5-16(2)8-20)25-26-23(27)29-15-21(28)24-12-17-9-18(13-24)11-19(10-17)14-24/h4-6,8,17-19H,3,7,9-15H2,1-2H3. The Morgan fingerprint density at radius 3 is 2.45 bits per heavy atom. The fourth-order valence-corrected chi connectivity index (χ4v) is 7.55. The summed E-state index contributed by atoms with van der Waals surface area (Å²) in [5.41, 5.74) is 2.31. The van der Waals surface area contributed by atoms with E-state index in [1.165, 1.54) is 24.8 Å². The maximum absolute atomic E-state index is 13.4. The van der Waals surface area contributed by atoms with Crippen LogP contribution < -0.4 is 0 Å². The zero-order valence-electron chi connectivity index (χ0n) is 17.6. The second-order valence-corrected chi connectivity index (χ2v) is 10.7. The van der Waals surface area contributed by atoms with E-state index in [4.69, 9.17) is 0 Å². The SMILES string of the molecule is CCCn1c(SCC(=O)C23CC4CC(CC(C4)C2)C3)nnc1-c1cccc(C)c1. The number of benzene rings is 1.